The largest absolute Gasteiger partial charge is 0.368 e. The van der Waals surface area contributed by atoms with Crippen molar-refractivity contribution in [3.63, 3.8) is 0 Å². The van der Waals surface area contributed by atoms with Gasteiger partial charge in [0, 0.05) is 29.5 Å². The summed E-state index contributed by atoms with van der Waals surface area (Å²) in [5, 5.41) is 10.7. The van der Waals surface area contributed by atoms with E-state index in [1.165, 1.54) is 6.20 Å². The molecule has 23 heavy (non-hydrogen) atoms. The second-order valence-electron chi connectivity index (χ2n) is 5.26. The zero-order valence-corrected chi connectivity index (χ0v) is 13.4. The number of hydrogen-bond donors (Lipinski definition) is 2. The van der Waals surface area contributed by atoms with Gasteiger partial charge in [0.1, 0.15) is 5.82 Å². The van der Waals surface area contributed by atoms with Crippen LogP contribution in [0.2, 0.25) is 5.02 Å². The molecular formula is C15H15ClN6O. The summed E-state index contributed by atoms with van der Waals surface area (Å²) in [5.74, 6) is 0.586. The van der Waals surface area contributed by atoms with Gasteiger partial charge >= 0.3 is 0 Å². The average molecular weight is 331 g/mol. The van der Waals surface area contributed by atoms with Gasteiger partial charge in [-0.15, -0.1) is 5.10 Å². The second kappa shape index (κ2) is 6.21. The zero-order valence-electron chi connectivity index (χ0n) is 12.6. The predicted octanol–water partition coefficient (Wildman–Crippen LogP) is 2.85. The molecule has 0 aliphatic carbocycles. The minimum atomic E-state index is -0.321. The van der Waals surface area contributed by atoms with Gasteiger partial charge < -0.3 is 5.32 Å². The maximum atomic E-state index is 12.1. The van der Waals surface area contributed by atoms with Gasteiger partial charge in [-0.1, -0.05) is 11.6 Å². The van der Waals surface area contributed by atoms with Crippen molar-refractivity contribution in [3.05, 3.63) is 47.2 Å². The maximum Gasteiger partial charge on any atom is 0.259 e. The van der Waals surface area contributed by atoms with Gasteiger partial charge in [0.05, 0.1) is 5.56 Å². The molecule has 0 saturated heterocycles. The molecule has 1 amide bonds. The van der Waals surface area contributed by atoms with E-state index in [1.807, 2.05) is 13.8 Å². The van der Waals surface area contributed by atoms with Crippen LogP contribution >= 0.6 is 11.6 Å². The third-order valence-electron chi connectivity index (χ3n) is 2.99. The van der Waals surface area contributed by atoms with E-state index in [4.69, 9.17) is 11.6 Å². The lowest BCUT2D eigenvalue weighted by Crippen LogP contribution is -2.14. The molecule has 0 aromatic carbocycles. The number of carbonyl (C=O) groups is 1. The molecule has 3 aromatic heterocycles. The SMILES string of the molecule is CC(C)Nc1cc(Cl)cc2nc(NC(=O)c3cccnc3)nn12. The fraction of sp³-hybridized carbons (Fsp3) is 0.200. The van der Waals surface area contributed by atoms with Crippen molar-refractivity contribution >= 4 is 34.9 Å². The number of hydrogen-bond acceptors (Lipinski definition) is 5. The Morgan fingerprint density at radius 2 is 2.17 bits per heavy atom. The van der Waals surface area contributed by atoms with Crippen molar-refractivity contribution in [2.75, 3.05) is 10.6 Å². The number of nitrogens with one attached hydrogen (secondary N) is 2. The number of nitrogens with zero attached hydrogens (tertiary/aromatic N) is 4. The number of rotatable bonds is 4. The number of amides is 1. The van der Waals surface area contributed by atoms with Crippen LogP contribution in [0.15, 0.2) is 36.7 Å². The van der Waals surface area contributed by atoms with Crippen LogP contribution in [0.3, 0.4) is 0 Å². The van der Waals surface area contributed by atoms with E-state index in [0.717, 1.165) is 0 Å². The third kappa shape index (κ3) is 3.40. The molecule has 0 aliphatic rings. The molecule has 0 radical (unpaired) electrons. The highest BCUT2D eigenvalue weighted by molar-refractivity contribution is 6.31. The summed E-state index contributed by atoms with van der Waals surface area (Å²) in [6.07, 6.45) is 3.08. The Labute approximate surface area is 137 Å². The van der Waals surface area contributed by atoms with E-state index in [0.29, 0.717) is 22.1 Å². The first kappa shape index (κ1) is 15.2. The normalized spacial score (nSPS) is 11.0. The van der Waals surface area contributed by atoms with Gasteiger partial charge in [0.2, 0.25) is 5.95 Å². The Hall–Kier alpha value is -2.67. The van der Waals surface area contributed by atoms with Crippen LogP contribution in [0.5, 0.6) is 0 Å². The van der Waals surface area contributed by atoms with Gasteiger partial charge in [-0.3, -0.25) is 15.1 Å². The van der Waals surface area contributed by atoms with Gasteiger partial charge in [-0.05, 0) is 32.0 Å². The number of halogens is 1. The Morgan fingerprint density at radius 3 is 2.87 bits per heavy atom. The number of fused-ring (bicyclic) bond motifs is 1. The average Bonchev–Trinajstić information content (AvgIpc) is 2.90. The van der Waals surface area contributed by atoms with Crippen molar-refractivity contribution in [2.45, 2.75) is 19.9 Å². The molecule has 118 valence electrons. The van der Waals surface area contributed by atoms with E-state index < -0.39 is 0 Å². The highest BCUT2D eigenvalue weighted by atomic mass is 35.5. The predicted molar refractivity (Wildman–Crippen MR) is 88.9 cm³/mol. The zero-order chi connectivity index (χ0) is 16.4. The fourth-order valence-corrected chi connectivity index (χ4v) is 2.27. The van der Waals surface area contributed by atoms with Crippen molar-refractivity contribution < 1.29 is 4.79 Å². The molecule has 7 nitrogen and oxygen atoms in total. The topological polar surface area (TPSA) is 84.2 Å². The van der Waals surface area contributed by atoms with Crippen molar-refractivity contribution in [3.8, 4) is 0 Å². The highest BCUT2D eigenvalue weighted by Gasteiger charge is 2.13. The molecule has 0 unspecified atom stereocenters. The Kier molecular flexibility index (Phi) is 4.12. The van der Waals surface area contributed by atoms with Crippen LogP contribution < -0.4 is 10.6 Å². The molecule has 3 aromatic rings. The smallest absolute Gasteiger partial charge is 0.259 e. The summed E-state index contributed by atoms with van der Waals surface area (Å²) in [4.78, 5) is 20.3. The van der Waals surface area contributed by atoms with Crippen LogP contribution in [0.25, 0.3) is 5.65 Å². The molecule has 2 N–H and O–H groups in total. The number of anilines is 2. The summed E-state index contributed by atoms with van der Waals surface area (Å²) >= 11 is 6.10. The van der Waals surface area contributed by atoms with E-state index >= 15 is 0 Å². The van der Waals surface area contributed by atoms with Gasteiger partial charge in [-0.25, -0.2) is 0 Å². The first-order valence-electron chi connectivity index (χ1n) is 7.07. The van der Waals surface area contributed by atoms with Crippen LogP contribution in [0.4, 0.5) is 11.8 Å². The van der Waals surface area contributed by atoms with E-state index in [9.17, 15) is 4.79 Å². The quantitative estimate of drug-likeness (QED) is 0.768. The first-order valence-corrected chi connectivity index (χ1v) is 7.45. The van der Waals surface area contributed by atoms with E-state index in [1.54, 1.807) is 35.0 Å². The highest BCUT2D eigenvalue weighted by Crippen LogP contribution is 2.20. The Bertz CT molecular complexity index is 846. The lowest BCUT2D eigenvalue weighted by atomic mass is 10.3. The second-order valence-corrected chi connectivity index (χ2v) is 5.70. The van der Waals surface area contributed by atoms with Crippen LogP contribution in [-0.4, -0.2) is 31.5 Å². The van der Waals surface area contributed by atoms with Crippen LogP contribution in [0.1, 0.15) is 24.2 Å². The lowest BCUT2D eigenvalue weighted by Gasteiger charge is -2.11. The summed E-state index contributed by atoms with van der Waals surface area (Å²) < 4.78 is 1.60. The molecule has 0 saturated carbocycles. The van der Waals surface area contributed by atoms with Crippen LogP contribution in [0, 0.1) is 0 Å². The Morgan fingerprint density at radius 1 is 1.35 bits per heavy atom. The molecule has 0 bridgehead atoms. The molecular weight excluding hydrogens is 316 g/mol. The minimum absolute atomic E-state index is 0.202. The third-order valence-corrected chi connectivity index (χ3v) is 3.21. The summed E-state index contributed by atoms with van der Waals surface area (Å²) in [7, 11) is 0. The molecule has 0 aliphatic heterocycles. The van der Waals surface area contributed by atoms with E-state index in [-0.39, 0.29) is 17.9 Å². The standard InChI is InChI=1S/C15H15ClN6O/c1-9(2)18-12-6-11(16)7-13-19-15(21-22(12)13)20-14(23)10-4-3-5-17-8-10/h3-9,18H,1-2H3,(H,20,21,23). The maximum absolute atomic E-state index is 12.1. The van der Waals surface area contributed by atoms with Gasteiger partial charge in [-0.2, -0.15) is 9.50 Å². The molecule has 3 heterocycles. The molecule has 0 atom stereocenters. The number of carbonyl (C=O) groups excluding carboxylic acids is 1. The van der Waals surface area contributed by atoms with Crippen molar-refractivity contribution in [1.82, 2.24) is 19.6 Å². The van der Waals surface area contributed by atoms with Gasteiger partial charge in [0.15, 0.2) is 5.65 Å². The fourth-order valence-electron chi connectivity index (χ4n) is 2.07. The summed E-state index contributed by atoms with van der Waals surface area (Å²) in [6.45, 7) is 4.02. The minimum Gasteiger partial charge on any atom is -0.368 e. The summed E-state index contributed by atoms with van der Waals surface area (Å²) in [5.41, 5.74) is 0.979. The van der Waals surface area contributed by atoms with Crippen molar-refractivity contribution in [1.29, 1.82) is 0 Å². The molecule has 8 heteroatoms. The summed E-state index contributed by atoms with van der Waals surface area (Å²) in [6, 6.07) is 7.00. The Balaban J connectivity index is 1.92. The van der Waals surface area contributed by atoms with Crippen molar-refractivity contribution in [2.24, 2.45) is 0 Å². The van der Waals surface area contributed by atoms with E-state index in [2.05, 4.69) is 25.7 Å². The molecule has 0 fully saturated rings. The lowest BCUT2D eigenvalue weighted by molar-refractivity contribution is 0.102. The van der Waals surface area contributed by atoms with Gasteiger partial charge in [0.25, 0.3) is 5.91 Å². The molecule has 0 spiro atoms. The molecule has 3 rings (SSSR count). The number of pyridine rings is 2. The van der Waals surface area contributed by atoms with Crippen LogP contribution in [-0.2, 0) is 0 Å². The monoisotopic (exact) mass is 330 g/mol. The first-order chi connectivity index (χ1) is 11.0. The number of aromatic nitrogens is 4.